The lowest BCUT2D eigenvalue weighted by Gasteiger charge is -2.52. The Kier molecular flexibility index (Phi) is 7.28. The normalized spacial score (nSPS) is 27.3. The first kappa shape index (κ1) is 25.1. The molecule has 2 heterocycles. The topological polar surface area (TPSA) is 73.8 Å². The molecule has 1 amide bonds. The maximum atomic E-state index is 13.0. The van der Waals surface area contributed by atoms with Crippen LogP contribution in [0, 0.1) is 5.92 Å². The van der Waals surface area contributed by atoms with Gasteiger partial charge in [-0.15, -0.1) is 0 Å². The highest BCUT2D eigenvalue weighted by molar-refractivity contribution is 5.92. The third-order valence-electron chi connectivity index (χ3n) is 8.96. The average molecular weight is 493 g/mol. The van der Waals surface area contributed by atoms with Crippen LogP contribution in [-0.4, -0.2) is 83.6 Å². The summed E-state index contributed by atoms with van der Waals surface area (Å²) >= 11 is 0. The maximum Gasteiger partial charge on any atom is 0.239 e. The van der Waals surface area contributed by atoms with Crippen molar-refractivity contribution in [2.24, 2.45) is 5.92 Å². The van der Waals surface area contributed by atoms with E-state index in [0.29, 0.717) is 18.1 Å². The summed E-state index contributed by atoms with van der Waals surface area (Å²) in [6.07, 6.45) is 11.6. The molecule has 2 aromatic rings. The molecule has 5 rings (SSSR count). The zero-order chi connectivity index (χ0) is 25.2. The van der Waals surface area contributed by atoms with Crippen LogP contribution in [0.1, 0.15) is 50.5 Å². The Balaban J connectivity index is 1.30. The number of benzene rings is 1. The summed E-state index contributed by atoms with van der Waals surface area (Å²) in [6, 6.07) is 11.0. The van der Waals surface area contributed by atoms with Crippen molar-refractivity contribution in [3.8, 4) is 5.75 Å². The van der Waals surface area contributed by atoms with E-state index in [1.54, 1.807) is 13.3 Å². The molecule has 0 bridgehead atoms. The van der Waals surface area contributed by atoms with Crippen molar-refractivity contribution in [2.75, 3.05) is 52.8 Å². The van der Waals surface area contributed by atoms with Gasteiger partial charge in [-0.2, -0.15) is 0 Å². The van der Waals surface area contributed by atoms with Crippen LogP contribution in [-0.2, 0) is 10.3 Å². The van der Waals surface area contributed by atoms with Crippen molar-refractivity contribution < 1.29 is 9.53 Å². The number of hydrogen-bond donors (Lipinski definition) is 1. The molecule has 2 aliphatic carbocycles. The van der Waals surface area contributed by atoms with Gasteiger partial charge in [-0.05, 0) is 64.1 Å². The number of nitrogens with zero attached hydrogens (tertiary/aromatic N) is 5. The van der Waals surface area contributed by atoms with Crippen LogP contribution >= 0.6 is 0 Å². The zero-order valence-corrected chi connectivity index (χ0v) is 21.9. The van der Waals surface area contributed by atoms with Crippen LogP contribution in [0.4, 0.5) is 5.82 Å². The minimum Gasteiger partial charge on any atom is -0.491 e. The van der Waals surface area contributed by atoms with Crippen LogP contribution < -0.4 is 10.1 Å². The third kappa shape index (κ3) is 4.86. The monoisotopic (exact) mass is 492 g/mol. The van der Waals surface area contributed by atoms with Gasteiger partial charge in [-0.25, -0.2) is 9.97 Å². The Hall–Kier alpha value is -2.55. The van der Waals surface area contributed by atoms with E-state index in [1.807, 2.05) is 0 Å². The Bertz CT molecular complexity index is 1030. The van der Waals surface area contributed by atoms with Gasteiger partial charge in [-0.1, -0.05) is 36.8 Å². The molecule has 0 radical (unpaired) electrons. The Morgan fingerprint density at radius 2 is 1.92 bits per heavy atom. The Morgan fingerprint density at radius 3 is 2.56 bits per heavy atom. The van der Waals surface area contributed by atoms with E-state index < -0.39 is 0 Å². The largest absolute Gasteiger partial charge is 0.491 e. The lowest BCUT2D eigenvalue weighted by Crippen LogP contribution is -2.56. The second kappa shape index (κ2) is 10.4. The van der Waals surface area contributed by atoms with Gasteiger partial charge in [0.25, 0.3) is 0 Å². The quantitative estimate of drug-likeness (QED) is 0.604. The van der Waals surface area contributed by atoms with E-state index in [4.69, 9.17) is 4.74 Å². The summed E-state index contributed by atoms with van der Waals surface area (Å²) in [5.74, 6) is 1.64. The number of carbonyl (C=O) groups is 1. The van der Waals surface area contributed by atoms with E-state index in [0.717, 1.165) is 51.4 Å². The summed E-state index contributed by atoms with van der Waals surface area (Å²) in [5.41, 5.74) is 1.63. The summed E-state index contributed by atoms with van der Waals surface area (Å²) in [7, 11) is 6.01. The standard InChI is InChI=1S/C28H40N6O2/c1-32(2)28(23-10-5-4-6-11-23)14-12-27(13-15-28)19-33(21-34(27)17-22-8-7-9-22)18-25(35)31-26-24(36-3)16-29-20-30-26/h4-6,10-11,16,20,22H,7-9,12-15,17-19,21H2,1-3H3,(H,29,30,31,35)/t27-,28+. The second-order valence-corrected chi connectivity index (χ2v) is 11.2. The fourth-order valence-corrected chi connectivity index (χ4v) is 6.58. The van der Waals surface area contributed by atoms with Gasteiger partial charge in [0.15, 0.2) is 11.6 Å². The number of rotatable bonds is 8. The van der Waals surface area contributed by atoms with Gasteiger partial charge in [0.1, 0.15) is 6.33 Å². The number of aromatic nitrogens is 2. The van der Waals surface area contributed by atoms with E-state index in [-0.39, 0.29) is 17.0 Å². The molecule has 1 aromatic heterocycles. The fourth-order valence-electron chi connectivity index (χ4n) is 6.58. The van der Waals surface area contributed by atoms with Crippen molar-refractivity contribution >= 4 is 11.7 Å². The predicted octanol–water partition coefficient (Wildman–Crippen LogP) is 3.57. The smallest absolute Gasteiger partial charge is 0.239 e. The molecule has 0 unspecified atom stereocenters. The number of ether oxygens (including phenoxy) is 1. The SMILES string of the molecule is COc1cncnc1NC(=O)CN1CN(CC2CCC2)[C@]2(CC[C@@](c3ccccc3)(N(C)C)CC2)C1. The second-order valence-electron chi connectivity index (χ2n) is 11.2. The Morgan fingerprint density at radius 1 is 1.17 bits per heavy atom. The van der Waals surface area contributed by atoms with Crippen LogP contribution in [0.2, 0.25) is 0 Å². The van der Waals surface area contributed by atoms with Gasteiger partial charge >= 0.3 is 0 Å². The molecule has 3 fully saturated rings. The molecule has 194 valence electrons. The highest BCUT2D eigenvalue weighted by Gasteiger charge is 2.52. The Labute approximate surface area is 215 Å². The highest BCUT2D eigenvalue weighted by atomic mass is 16.5. The van der Waals surface area contributed by atoms with Gasteiger partial charge in [0.2, 0.25) is 5.91 Å². The van der Waals surface area contributed by atoms with E-state index in [9.17, 15) is 4.79 Å². The molecule has 3 aliphatic rings. The molecule has 36 heavy (non-hydrogen) atoms. The molecular formula is C28H40N6O2. The van der Waals surface area contributed by atoms with Crippen LogP contribution in [0.15, 0.2) is 42.9 Å². The highest BCUT2D eigenvalue weighted by Crippen LogP contribution is 2.49. The zero-order valence-electron chi connectivity index (χ0n) is 21.9. The lowest BCUT2D eigenvalue weighted by atomic mass is 9.68. The van der Waals surface area contributed by atoms with Crippen molar-refractivity contribution in [1.29, 1.82) is 0 Å². The first-order valence-electron chi connectivity index (χ1n) is 13.3. The van der Waals surface area contributed by atoms with Crippen LogP contribution in [0.5, 0.6) is 5.75 Å². The van der Waals surface area contributed by atoms with E-state index in [1.165, 1.54) is 31.2 Å². The number of nitrogens with one attached hydrogen (secondary N) is 1. The van der Waals surface area contributed by atoms with Crippen LogP contribution in [0.25, 0.3) is 0 Å². The lowest BCUT2D eigenvalue weighted by molar-refractivity contribution is -0.117. The molecule has 2 saturated carbocycles. The first-order chi connectivity index (χ1) is 17.4. The molecule has 0 atom stereocenters. The molecule has 1 spiro atoms. The fraction of sp³-hybridized carbons (Fsp3) is 0.607. The van der Waals surface area contributed by atoms with Crippen LogP contribution in [0.3, 0.4) is 0 Å². The molecule has 8 nitrogen and oxygen atoms in total. The number of methoxy groups -OCH3 is 1. The molecular weight excluding hydrogens is 452 g/mol. The van der Waals surface area contributed by atoms with Crippen molar-refractivity contribution in [3.63, 3.8) is 0 Å². The first-order valence-corrected chi connectivity index (χ1v) is 13.3. The molecule has 1 aromatic carbocycles. The summed E-state index contributed by atoms with van der Waals surface area (Å²) in [5, 5.41) is 2.93. The van der Waals surface area contributed by atoms with E-state index >= 15 is 0 Å². The molecule has 1 N–H and O–H groups in total. The average Bonchev–Trinajstić information content (AvgIpc) is 3.18. The maximum absolute atomic E-state index is 13.0. The molecule has 1 saturated heterocycles. The summed E-state index contributed by atoms with van der Waals surface area (Å²) < 4.78 is 5.30. The number of hydrogen-bond acceptors (Lipinski definition) is 7. The van der Waals surface area contributed by atoms with Crippen molar-refractivity contribution in [3.05, 3.63) is 48.4 Å². The number of amides is 1. The van der Waals surface area contributed by atoms with Crippen molar-refractivity contribution in [2.45, 2.75) is 56.0 Å². The van der Waals surface area contributed by atoms with Crippen molar-refractivity contribution in [1.82, 2.24) is 24.7 Å². The summed E-state index contributed by atoms with van der Waals surface area (Å²) in [6.45, 7) is 3.29. The molecule has 8 heteroatoms. The number of anilines is 1. The van der Waals surface area contributed by atoms with Gasteiger partial charge in [0, 0.05) is 24.2 Å². The minimum atomic E-state index is -0.0598. The van der Waals surface area contributed by atoms with Gasteiger partial charge in [-0.3, -0.25) is 19.5 Å². The number of carbonyl (C=O) groups excluding carboxylic acids is 1. The predicted molar refractivity (Wildman–Crippen MR) is 141 cm³/mol. The molecule has 1 aliphatic heterocycles. The van der Waals surface area contributed by atoms with E-state index in [2.05, 4.69) is 74.4 Å². The summed E-state index contributed by atoms with van der Waals surface area (Å²) in [4.78, 5) is 28.6. The van der Waals surface area contributed by atoms with Gasteiger partial charge < -0.3 is 10.1 Å². The third-order valence-corrected chi connectivity index (χ3v) is 8.96. The minimum absolute atomic E-state index is 0.0598. The van der Waals surface area contributed by atoms with Gasteiger partial charge in [0.05, 0.1) is 26.5 Å².